The zero-order chi connectivity index (χ0) is 22.3. The number of carbonyl (C=O) groups is 4. The van der Waals surface area contributed by atoms with Gasteiger partial charge in [0.2, 0.25) is 5.91 Å². The van der Waals surface area contributed by atoms with Crippen LogP contribution in [0.1, 0.15) is 68.7 Å². The van der Waals surface area contributed by atoms with E-state index in [0.717, 1.165) is 0 Å². The number of amides is 2. The highest BCUT2D eigenvalue weighted by atomic mass is 16.6. The summed E-state index contributed by atoms with van der Waals surface area (Å²) in [6.07, 6.45) is -1.17. The molecule has 0 heterocycles. The van der Waals surface area contributed by atoms with Gasteiger partial charge in [-0.05, 0) is 62.3 Å². The SMILES string of the molecule is CC(C)(C)OC(=O)C[C@H](NC(=O)CNC(=O)OC(C)(C)C)C(=O)OC(C)(C)C. The van der Waals surface area contributed by atoms with Gasteiger partial charge < -0.3 is 24.8 Å². The number of nitrogens with one attached hydrogen (secondary N) is 2. The van der Waals surface area contributed by atoms with Gasteiger partial charge in [0.05, 0.1) is 6.42 Å². The second kappa shape index (κ2) is 9.75. The molecule has 2 N–H and O–H groups in total. The summed E-state index contributed by atoms with van der Waals surface area (Å²) in [6, 6.07) is -1.25. The number of alkyl carbamates (subject to hydrolysis) is 1. The van der Waals surface area contributed by atoms with Crippen molar-refractivity contribution in [3.05, 3.63) is 0 Å². The molecule has 0 saturated heterocycles. The monoisotopic (exact) mass is 402 g/mol. The lowest BCUT2D eigenvalue weighted by atomic mass is 10.1. The first-order valence-corrected chi connectivity index (χ1v) is 9.09. The Morgan fingerprint density at radius 3 is 1.64 bits per heavy atom. The van der Waals surface area contributed by atoms with Gasteiger partial charge in [-0.3, -0.25) is 9.59 Å². The molecule has 2 amide bonds. The van der Waals surface area contributed by atoms with Crippen molar-refractivity contribution in [3.63, 3.8) is 0 Å². The third-order valence-corrected chi connectivity index (χ3v) is 2.61. The van der Waals surface area contributed by atoms with Gasteiger partial charge >= 0.3 is 18.0 Å². The van der Waals surface area contributed by atoms with Crippen molar-refractivity contribution in [2.45, 2.75) is 91.6 Å². The fourth-order valence-corrected chi connectivity index (χ4v) is 1.83. The van der Waals surface area contributed by atoms with Crippen LogP contribution < -0.4 is 10.6 Å². The lowest BCUT2D eigenvalue weighted by Crippen LogP contribution is -2.49. The third-order valence-electron chi connectivity index (χ3n) is 2.61. The van der Waals surface area contributed by atoms with E-state index in [-0.39, 0.29) is 0 Å². The quantitative estimate of drug-likeness (QED) is 0.515. The Balaban J connectivity index is 4.96. The number of hydrogen-bond acceptors (Lipinski definition) is 7. The molecule has 0 aliphatic rings. The second-order valence-electron chi connectivity index (χ2n) is 9.30. The van der Waals surface area contributed by atoms with Crippen molar-refractivity contribution >= 4 is 23.9 Å². The molecule has 0 unspecified atom stereocenters. The standard InChI is InChI=1S/C19H34N2O7/c1-17(2,3)26-14(23)10-12(15(24)27-18(4,5)6)21-13(22)11-20-16(25)28-19(7,8)9/h12H,10-11H2,1-9H3,(H,20,25)(H,21,22)/t12-/m0/s1. The Labute approximate surface area is 166 Å². The van der Waals surface area contributed by atoms with E-state index in [9.17, 15) is 19.2 Å². The minimum Gasteiger partial charge on any atom is -0.460 e. The van der Waals surface area contributed by atoms with E-state index < -0.39 is 59.7 Å². The molecule has 0 radical (unpaired) electrons. The van der Waals surface area contributed by atoms with Gasteiger partial charge in [0, 0.05) is 0 Å². The zero-order valence-electron chi connectivity index (χ0n) is 18.3. The first-order valence-electron chi connectivity index (χ1n) is 9.09. The van der Waals surface area contributed by atoms with Crippen LogP contribution in [0.4, 0.5) is 4.79 Å². The van der Waals surface area contributed by atoms with Gasteiger partial charge in [-0.25, -0.2) is 9.59 Å². The zero-order valence-corrected chi connectivity index (χ0v) is 18.3. The molecule has 0 rings (SSSR count). The molecule has 9 nitrogen and oxygen atoms in total. The fourth-order valence-electron chi connectivity index (χ4n) is 1.83. The molecule has 0 aromatic rings. The van der Waals surface area contributed by atoms with Crippen LogP contribution in [0.3, 0.4) is 0 Å². The number of carbonyl (C=O) groups excluding carboxylic acids is 4. The second-order valence-corrected chi connectivity index (χ2v) is 9.30. The van der Waals surface area contributed by atoms with Crippen molar-refractivity contribution in [1.29, 1.82) is 0 Å². The van der Waals surface area contributed by atoms with Crippen LogP contribution >= 0.6 is 0 Å². The van der Waals surface area contributed by atoms with Crippen LogP contribution in [-0.2, 0) is 28.6 Å². The minimum absolute atomic E-state index is 0.398. The highest BCUT2D eigenvalue weighted by Gasteiger charge is 2.31. The lowest BCUT2D eigenvalue weighted by Gasteiger charge is -2.26. The van der Waals surface area contributed by atoms with E-state index in [1.54, 1.807) is 62.3 Å². The summed E-state index contributed by atoms with van der Waals surface area (Å²) in [5.74, 6) is -2.11. The summed E-state index contributed by atoms with van der Waals surface area (Å²) in [4.78, 5) is 48.2. The molecular weight excluding hydrogens is 368 g/mol. The van der Waals surface area contributed by atoms with Crippen molar-refractivity contribution in [2.24, 2.45) is 0 Å². The van der Waals surface area contributed by atoms with E-state index in [0.29, 0.717) is 0 Å². The van der Waals surface area contributed by atoms with Crippen molar-refractivity contribution < 1.29 is 33.4 Å². The first-order chi connectivity index (χ1) is 12.4. The number of hydrogen-bond donors (Lipinski definition) is 2. The van der Waals surface area contributed by atoms with Gasteiger partial charge in [0.15, 0.2) is 0 Å². The highest BCUT2D eigenvalue weighted by Crippen LogP contribution is 2.13. The Hall–Kier alpha value is -2.32. The van der Waals surface area contributed by atoms with Crippen LogP contribution in [0.5, 0.6) is 0 Å². The summed E-state index contributed by atoms with van der Waals surface area (Å²) >= 11 is 0. The minimum atomic E-state index is -1.25. The number of ether oxygens (including phenoxy) is 3. The molecule has 0 aliphatic heterocycles. The van der Waals surface area contributed by atoms with Crippen LogP contribution in [0.25, 0.3) is 0 Å². The summed E-state index contributed by atoms with van der Waals surface area (Å²) in [5, 5.41) is 4.67. The molecule has 1 atom stereocenters. The van der Waals surface area contributed by atoms with Crippen LogP contribution in [0.2, 0.25) is 0 Å². The summed E-state index contributed by atoms with van der Waals surface area (Å²) in [5.41, 5.74) is -2.25. The molecule has 0 fully saturated rings. The Morgan fingerprint density at radius 2 is 1.21 bits per heavy atom. The maximum Gasteiger partial charge on any atom is 0.408 e. The molecular formula is C19H34N2O7. The van der Waals surface area contributed by atoms with E-state index in [1.165, 1.54) is 0 Å². The van der Waals surface area contributed by atoms with E-state index in [2.05, 4.69) is 10.6 Å². The molecule has 0 spiro atoms. The van der Waals surface area contributed by atoms with Crippen LogP contribution in [0.15, 0.2) is 0 Å². The van der Waals surface area contributed by atoms with Gasteiger partial charge in [-0.15, -0.1) is 0 Å². The summed E-state index contributed by atoms with van der Waals surface area (Å²) in [6.45, 7) is 14.7. The molecule has 0 aliphatic carbocycles. The third kappa shape index (κ3) is 13.8. The Bertz CT molecular complexity index is 581. The predicted octanol–water partition coefficient (Wildman–Crippen LogP) is 2.07. The molecule has 0 saturated carbocycles. The first kappa shape index (κ1) is 25.7. The van der Waals surface area contributed by atoms with Gasteiger partial charge in [0.25, 0.3) is 0 Å². The normalized spacial score (nSPS) is 13.2. The molecule has 0 aromatic carbocycles. The molecule has 0 bridgehead atoms. The largest absolute Gasteiger partial charge is 0.460 e. The van der Waals surface area contributed by atoms with Crippen molar-refractivity contribution in [2.75, 3.05) is 6.54 Å². The Kier molecular flexibility index (Phi) is 8.94. The molecule has 28 heavy (non-hydrogen) atoms. The highest BCUT2D eigenvalue weighted by molar-refractivity contribution is 5.90. The van der Waals surface area contributed by atoms with Crippen LogP contribution in [-0.4, -0.2) is 53.3 Å². The van der Waals surface area contributed by atoms with E-state index in [4.69, 9.17) is 14.2 Å². The molecule has 162 valence electrons. The van der Waals surface area contributed by atoms with E-state index in [1.807, 2.05) is 0 Å². The van der Waals surface area contributed by atoms with Crippen molar-refractivity contribution in [1.82, 2.24) is 10.6 Å². The summed E-state index contributed by atoms with van der Waals surface area (Å²) in [7, 11) is 0. The van der Waals surface area contributed by atoms with Crippen LogP contribution in [0, 0.1) is 0 Å². The van der Waals surface area contributed by atoms with Gasteiger partial charge in [-0.1, -0.05) is 0 Å². The lowest BCUT2D eigenvalue weighted by molar-refractivity contribution is -0.165. The fraction of sp³-hybridized carbons (Fsp3) is 0.789. The average molecular weight is 402 g/mol. The Morgan fingerprint density at radius 1 is 0.750 bits per heavy atom. The smallest absolute Gasteiger partial charge is 0.408 e. The van der Waals surface area contributed by atoms with Gasteiger partial charge in [0.1, 0.15) is 29.4 Å². The topological polar surface area (TPSA) is 120 Å². The molecule has 0 aromatic heterocycles. The number of esters is 2. The average Bonchev–Trinajstić information content (AvgIpc) is 2.38. The van der Waals surface area contributed by atoms with E-state index >= 15 is 0 Å². The maximum atomic E-state index is 12.4. The predicted molar refractivity (Wildman–Crippen MR) is 102 cm³/mol. The number of rotatable bonds is 6. The summed E-state index contributed by atoms with van der Waals surface area (Å²) < 4.78 is 15.5. The van der Waals surface area contributed by atoms with Gasteiger partial charge in [-0.2, -0.15) is 0 Å². The van der Waals surface area contributed by atoms with Crippen molar-refractivity contribution in [3.8, 4) is 0 Å². The molecule has 9 heteroatoms. The maximum absolute atomic E-state index is 12.4.